The molecule has 3 rings (SSSR count). The Hall–Kier alpha value is -1.88. The van der Waals surface area contributed by atoms with Crippen LogP contribution in [0, 0.1) is 5.92 Å². The molecule has 2 aliphatic heterocycles. The van der Waals surface area contributed by atoms with E-state index in [1.807, 2.05) is 25.1 Å². The molecule has 2 unspecified atom stereocenters. The van der Waals surface area contributed by atoms with Crippen LogP contribution in [0.1, 0.15) is 43.4 Å². The molecule has 0 bridgehead atoms. The van der Waals surface area contributed by atoms with Gasteiger partial charge in [-0.15, -0.1) is 0 Å². The third-order valence-electron chi connectivity index (χ3n) is 5.00. The zero-order valence-corrected chi connectivity index (χ0v) is 13.9. The third kappa shape index (κ3) is 3.55. The van der Waals surface area contributed by atoms with Gasteiger partial charge in [-0.1, -0.05) is 12.1 Å². The van der Waals surface area contributed by atoms with E-state index in [9.17, 15) is 9.59 Å². The van der Waals surface area contributed by atoms with Crippen LogP contribution < -0.4 is 15.5 Å². The van der Waals surface area contributed by atoms with Gasteiger partial charge < -0.3 is 15.5 Å². The number of likely N-dealkylation sites (N-methyl/N-ethyl adjacent to an activating group) is 1. The molecule has 1 aromatic carbocycles. The molecule has 2 atom stereocenters. The minimum atomic E-state index is -0.0319. The molecule has 124 valence electrons. The van der Waals surface area contributed by atoms with Gasteiger partial charge in [-0.3, -0.25) is 9.59 Å². The summed E-state index contributed by atoms with van der Waals surface area (Å²) in [4.78, 5) is 25.6. The summed E-state index contributed by atoms with van der Waals surface area (Å²) in [7, 11) is 1.80. The fraction of sp³-hybridized carbons (Fsp3) is 0.556. The fourth-order valence-corrected chi connectivity index (χ4v) is 3.45. The first-order chi connectivity index (χ1) is 11.0. The number of fused-ring (bicyclic) bond motifs is 1. The van der Waals surface area contributed by atoms with Crippen LogP contribution >= 0.6 is 0 Å². The van der Waals surface area contributed by atoms with E-state index in [1.165, 1.54) is 6.42 Å². The Morgan fingerprint density at radius 3 is 3.04 bits per heavy atom. The average Bonchev–Trinajstić information content (AvgIpc) is 3.14. The summed E-state index contributed by atoms with van der Waals surface area (Å²) in [6.07, 6.45) is 3.17. The Balaban J connectivity index is 1.56. The van der Waals surface area contributed by atoms with Gasteiger partial charge in [0.1, 0.15) is 0 Å². The lowest BCUT2D eigenvalue weighted by atomic mass is 10.0. The summed E-state index contributed by atoms with van der Waals surface area (Å²) in [5.74, 6) is 0.870. The van der Waals surface area contributed by atoms with E-state index in [0.29, 0.717) is 18.8 Å². The molecule has 2 aliphatic rings. The number of nitrogens with zero attached hydrogens (tertiary/aromatic N) is 1. The minimum Gasteiger partial charge on any atom is -0.350 e. The summed E-state index contributed by atoms with van der Waals surface area (Å²) >= 11 is 0. The highest BCUT2D eigenvalue weighted by Gasteiger charge is 2.24. The summed E-state index contributed by atoms with van der Waals surface area (Å²) in [5, 5.41) is 6.41. The number of amides is 2. The number of carbonyl (C=O) groups excluding carboxylic acids is 2. The Bertz CT molecular complexity index is 608. The molecule has 2 amide bonds. The quantitative estimate of drug-likeness (QED) is 0.870. The van der Waals surface area contributed by atoms with Crippen molar-refractivity contribution in [1.82, 2.24) is 10.6 Å². The molecule has 2 N–H and O–H groups in total. The van der Waals surface area contributed by atoms with Crippen LogP contribution in [0.25, 0.3) is 0 Å². The molecule has 0 aliphatic carbocycles. The maximum atomic E-state index is 12.1. The zero-order valence-electron chi connectivity index (χ0n) is 13.9. The van der Waals surface area contributed by atoms with Gasteiger partial charge in [0, 0.05) is 19.2 Å². The Morgan fingerprint density at radius 2 is 2.30 bits per heavy atom. The van der Waals surface area contributed by atoms with Crippen molar-refractivity contribution in [1.29, 1.82) is 0 Å². The van der Waals surface area contributed by atoms with Crippen LogP contribution in [0.3, 0.4) is 0 Å². The van der Waals surface area contributed by atoms with E-state index < -0.39 is 0 Å². The molecule has 1 fully saturated rings. The smallest absolute Gasteiger partial charge is 0.231 e. The molecule has 1 aromatic rings. The highest BCUT2D eigenvalue weighted by molar-refractivity contribution is 6.00. The van der Waals surface area contributed by atoms with Crippen molar-refractivity contribution in [2.24, 2.45) is 5.92 Å². The van der Waals surface area contributed by atoms with Crippen LogP contribution in [0.15, 0.2) is 18.2 Å². The van der Waals surface area contributed by atoms with Crippen molar-refractivity contribution < 1.29 is 9.59 Å². The molecule has 5 heteroatoms. The summed E-state index contributed by atoms with van der Waals surface area (Å²) in [6.45, 7) is 4.11. The van der Waals surface area contributed by atoms with Crippen molar-refractivity contribution in [2.75, 3.05) is 25.0 Å². The second-order valence-electron chi connectivity index (χ2n) is 6.70. The molecule has 1 saturated heterocycles. The number of hydrogen-bond donors (Lipinski definition) is 2. The van der Waals surface area contributed by atoms with E-state index in [4.69, 9.17) is 0 Å². The lowest BCUT2D eigenvalue weighted by molar-refractivity contribution is -0.122. The standard InChI is InChI=1S/C18H25N3O2/c1-12(20-17(22)6-3-13-7-8-19-11-13)14-4-5-16-15(9-14)10-18(23)21(16)2/h4-5,9,12-13,19H,3,6-8,10-11H2,1-2H3,(H,20,22). The van der Waals surface area contributed by atoms with Gasteiger partial charge in [0.15, 0.2) is 0 Å². The fourth-order valence-electron chi connectivity index (χ4n) is 3.45. The summed E-state index contributed by atoms with van der Waals surface area (Å²) in [5.41, 5.74) is 3.09. The molecule has 0 saturated carbocycles. The Labute approximate surface area is 137 Å². The van der Waals surface area contributed by atoms with Gasteiger partial charge in [0.25, 0.3) is 0 Å². The van der Waals surface area contributed by atoms with Gasteiger partial charge in [-0.05, 0) is 56.0 Å². The number of anilines is 1. The normalized spacial score (nSPS) is 21.4. The molecule has 0 aromatic heterocycles. The van der Waals surface area contributed by atoms with Crippen LogP contribution in [0.5, 0.6) is 0 Å². The molecule has 5 nitrogen and oxygen atoms in total. The lowest BCUT2D eigenvalue weighted by Crippen LogP contribution is -2.27. The molecule has 0 radical (unpaired) electrons. The Kier molecular flexibility index (Phi) is 4.66. The number of rotatable bonds is 5. The van der Waals surface area contributed by atoms with E-state index >= 15 is 0 Å². The monoisotopic (exact) mass is 315 g/mol. The van der Waals surface area contributed by atoms with Gasteiger partial charge in [-0.2, -0.15) is 0 Å². The molecule has 2 heterocycles. The first-order valence-corrected chi connectivity index (χ1v) is 8.44. The van der Waals surface area contributed by atoms with Gasteiger partial charge in [0.05, 0.1) is 12.5 Å². The minimum absolute atomic E-state index is 0.0319. The first kappa shape index (κ1) is 16.0. The van der Waals surface area contributed by atoms with Crippen molar-refractivity contribution in [3.05, 3.63) is 29.3 Å². The van der Waals surface area contributed by atoms with Crippen LogP contribution in [0.4, 0.5) is 5.69 Å². The van der Waals surface area contributed by atoms with E-state index in [1.54, 1.807) is 11.9 Å². The highest BCUT2D eigenvalue weighted by Crippen LogP contribution is 2.30. The Morgan fingerprint density at radius 1 is 1.48 bits per heavy atom. The van der Waals surface area contributed by atoms with Gasteiger partial charge >= 0.3 is 0 Å². The van der Waals surface area contributed by atoms with Crippen LogP contribution in [-0.2, 0) is 16.0 Å². The second-order valence-corrected chi connectivity index (χ2v) is 6.70. The highest BCUT2D eigenvalue weighted by atomic mass is 16.2. The average molecular weight is 315 g/mol. The number of nitrogens with one attached hydrogen (secondary N) is 2. The van der Waals surface area contributed by atoms with Crippen molar-refractivity contribution in [3.8, 4) is 0 Å². The van der Waals surface area contributed by atoms with Crippen LogP contribution in [-0.4, -0.2) is 32.0 Å². The number of carbonyl (C=O) groups is 2. The zero-order chi connectivity index (χ0) is 16.4. The molecule has 0 spiro atoms. The SMILES string of the molecule is CC(NC(=O)CCC1CCNC1)c1ccc2c(c1)CC(=O)N2C. The van der Waals surface area contributed by atoms with Crippen molar-refractivity contribution in [2.45, 2.75) is 38.6 Å². The second kappa shape index (κ2) is 6.71. The molecule has 23 heavy (non-hydrogen) atoms. The van der Waals surface area contributed by atoms with E-state index in [-0.39, 0.29) is 17.9 Å². The van der Waals surface area contributed by atoms with Gasteiger partial charge in [0.2, 0.25) is 11.8 Å². The lowest BCUT2D eigenvalue weighted by Gasteiger charge is -2.17. The van der Waals surface area contributed by atoms with Crippen LogP contribution in [0.2, 0.25) is 0 Å². The predicted molar refractivity (Wildman–Crippen MR) is 90.3 cm³/mol. The topological polar surface area (TPSA) is 61.4 Å². The third-order valence-corrected chi connectivity index (χ3v) is 5.00. The van der Waals surface area contributed by atoms with Gasteiger partial charge in [-0.25, -0.2) is 0 Å². The predicted octanol–water partition coefficient (Wildman–Crippen LogP) is 1.77. The summed E-state index contributed by atoms with van der Waals surface area (Å²) < 4.78 is 0. The van der Waals surface area contributed by atoms with E-state index in [2.05, 4.69) is 10.6 Å². The largest absolute Gasteiger partial charge is 0.350 e. The molecular weight excluding hydrogens is 290 g/mol. The van der Waals surface area contributed by atoms with Crippen molar-refractivity contribution >= 4 is 17.5 Å². The van der Waals surface area contributed by atoms with E-state index in [0.717, 1.165) is 36.3 Å². The molecular formula is C18H25N3O2. The maximum absolute atomic E-state index is 12.1. The number of benzene rings is 1. The maximum Gasteiger partial charge on any atom is 0.231 e. The summed E-state index contributed by atoms with van der Waals surface area (Å²) in [6, 6.07) is 5.99. The first-order valence-electron chi connectivity index (χ1n) is 8.44. The number of hydrogen-bond acceptors (Lipinski definition) is 3. The van der Waals surface area contributed by atoms with Crippen molar-refractivity contribution in [3.63, 3.8) is 0 Å².